The fourth-order valence-corrected chi connectivity index (χ4v) is 2.59. The number of anilines is 1. The number of urea groups is 1. The second-order valence-electron chi connectivity index (χ2n) is 5.77. The molecule has 0 aliphatic carbocycles. The smallest absolute Gasteiger partial charge is 0.329 e. The molecule has 3 rings (SSSR count). The third-order valence-electron chi connectivity index (χ3n) is 3.97. The predicted molar refractivity (Wildman–Crippen MR) is 94.6 cm³/mol. The van der Waals surface area contributed by atoms with E-state index in [-0.39, 0.29) is 11.9 Å². The summed E-state index contributed by atoms with van der Waals surface area (Å²) in [5.41, 5.74) is 1.30. The highest BCUT2D eigenvalue weighted by molar-refractivity contribution is 6.21. The van der Waals surface area contributed by atoms with Crippen molar-refractivity contribution in [2.45, 2.75) is 33.2 Å². The molecule has 2 heterocycles. The fraction of sp³-hybridized carbons (Fsp3) is 0.333. The van der Waals surface area contributed by atoms with Gasteiger partial charge in [-0.15, -0.1) is 0 Å². The molecule has 0 bridgehead atoms. The van der Waals surface area contributed by atoms with Gasteiger partial charge in [-0.25, -0.2) is 19.7 Å². The van der Waals surface area contributed by atoms with Gasteiger partial charge in [-0.3, -0.25) is 4.79 Å². The Morgan fingerprint density at radius 3 is 2.54 bits per heavy atom. The first kappa shape index (κ1) is 17.7. The van der Waals surface area contributed by atoms with Crippen LogP contribution in [0.15, 0.2) is 30.6 Å². The molecule has 0 radical (unpaired) electrons. The molecule has 2 aromatic rings. The summed E-state index contributed by atoms with van der Waals surface area (Å²) in [7, 11) is 0. The van der Waals surface area contributed by atoms with Gasteiger partial charge < -0.3 is 14.8 Å². The summed E-state index contributed by atoms with van der Waals surface area (Å²) in [6, 6.07) is 4.56. The van der Waals surface area contributed by atoms with Gasteiger partial charge in [0.2, 0.25) is 0 Å². The summed E-state index contributed by atoms with van der Waals surface area (Å²) in [5, 5.41) is 2.62. The highest BCUT2D eigenvalue weighted by Gasteiger charge is 2.38. The minimum atomic E-state index is -0.511. The summed E-state index contributed by atoms with van der Waals surface area (Å²) in [5.74, 6) is 0.953. The van der Waals surface area contributed by atoms with Gasteiger partial charge in [0.1, 0.15) is 17.5 Å². The van der Waals surface area contributed by atoms with E-state index >= 15 is 0 Å². The maximum atomic E-state index is 12.2. The number of nitrogens with one attached hydrogen (secondary N) is 1. The van der Waals surface area contributed by atoms with Crippen molar-refractivity contribution in [1.82, 2.24) is 15.3 Å². The molecular weight excluding hydrogens is 336 g/mol. The average Bonchev–Trinajstić information content (AvgIpc) is 2.92. The zero-order valence-corrected chi connectivity index (χ0v) is 14.9. The third-order valence-corrected chi connectivity index (χ3v) is 3.97. The summed E-state index contributed by atoms with van der Waals surface area (Å²) in [6.45, 7) is 6.24. The maximum Gasteiger partial charge on any atom is 0.329 e. The van der Waals surface area contributed by atoms with Crippen LogP contribution in [0.25, 0.3) is 0 Å². The van der Waals surface area contributed by atoms with E-state index in [9.17, 15) is 9.59 Å². The molecule has 1 N–H and O–H groups in total. The highest BCUT2D eigenvalue weighted by Crippen LogP contribution is 2.27. The number of aryl methyl sites for hydroxylation is 1. The Bertz CT molecular complexity index is 822. The lowest BCUT2D eigenvalue weighted by Crippen LogP contribution is -2.31. The van der Waals surface area contributed by atoms with Crippen LogP contribution in [-0.2, 0) is 4.79 Å². The number of hydrogen-bond acceptors (Lipinski definition) is 6. The van der Waals surface area contributed by atoms with Crippen molar-refractivity contribution in [3.05, 3.63) is 36.2 Å². The van der Waals surface area contributed by atoms with Crippen molar-refractivity contribution in [2.24, 2.45) is 0 Å². The van der Waals surface area contributed by atoms with Crippen LogP contribution in [0.2, 0.25) is 0 Å². The number of imide groups is 1. The van der Waals surface area contributed by atoms with Crippen LogP contribution >= 0.6 is 0 Å². The number of carbonyl (C=O) groups excluding carboxylic acids is 2. The van der Waals surface area contributed by atoms with Crippen molar-refractivity contribution in [3.8, 4) is 17.5 Å². The van der Waals surface area contributed by atoms with Crippen LogP contribution in [0.1, 0.15) is 25.8 Å². The quantitative estimate of drug-likeness (QED) is 0.800. The molecule has 8 nitrogen and oxygen atoms in total. The average molecular weight is 356 g/mol. The van der Waals surface area contributed by atoms with Gasteiger partial charge in [-0.1, -0.05) is 13.0 Å². The standard InChI is InChI=1S/C18H20N4O4/c1-4-14-16(23)22(18(24)21-14)12-9-19-17(20-10-12)26-13-7-6-11(3)15(8-13)25-5-2/h6-10,14H,4-5H2,1-3H3,(H,21,24)/t14-/m1/s1. The zero-order valence-electron chi connectivity index (χ0n) is 14.9. The van der Waals surface area contributed by atoms with E-state index in [0.29, 0.717) is 24.5 Å². The molecule has 136 valence electrons. The van der Waals surface area contributed by atoms with Crippen molar-refractivity contribution < 1.29 is 19.1 Å². The van der Waals surface area contributed by atoms with Crippen LogP contribution < -0.4 is 19.7 Å². The van der Waals surface area contributed by atoms with Crippen molar-refractivity contribution >= 4 is 17.6 Å². The first-order valence-electron chi connectivity index (χ1n) is 8.41. The number of rotatable bonds is 6. The Labute approximate surface area is 151 Å². The lowest BCUT2D eigenvalue weighted by atomic mass is 10.2. The minimum absolute atomic E-state index is 0.110. The van der Waals surface area contributed by atoms with Crippen molar-refractivity contribution in [3.63, 3.8) is 0 Å². The predicted octanol–water partition coefficient (Wildman–Crippen LogP) is 2.81. The van der Waals surface area contributed by atoms with Gasteiger partial charge in [-0.05, 0) is 31.9 Å². The molecule has 1 aliphatic rings. The molecule has 1 fully saturated rings. The molecule has 0 saturated carbocycles. The summed E-state index contributed by atoms with van der Waals surface area (Å²) >= 11 is 0. The number of hydrogen-bond donors (Lipinski definition) is 1. The van der Waals surface area contributed by atoms with E-state index in [1.807, 2.05) is 26.8 Å². The topological polar surface area (TPSA) is 93.7 Å². The summed E-state index contributed by atoms with van der Waals surface area (Å²) in [4.78, 5) is 33.4. The third kappa shape index (κ3) is 3.44. The lowest BCUT2D eigenvalue weighted by Gasteiger charge is -2.13. The number of amides is 3. The molecule has 8 heteroatoms. The Kier molecular flexibility index (Phi) is 5.01. The van der Waals surface area contributed by atoms with Crippen molar-refractivity contribution in [1.29, 1.82) is 0 Å². The lowest BCUT2D eigenvalue weighted by molar-refractivity contribution is -0.118. The van der Waals surface area contributed by atoms with E-state index in [1.165, 1.54) is 12.4 Å². The molecule has 1 aliphatic heterocycles. The summed E-state index contributed by atoms with van der Waals surface area (Å²) in [6.07, 6.45) is 3.30. The molecule has 1 atom stereocenters. The molecule has 1 aromatic heterocycles. The van der Waals surface area contributed by atoms with E-state index in [4.69, 9.17) is 9.47 Å². The first-order chi connectivity index (χ1) is 12.5. The number of benzene rings is 1. The minimum Gasteiger partial charge on any atom is -0.493 e. The van der Waals surface area contributed by atoms with Gasteiger partial charge in [0, 0.05) is 6.07 Å². The Hall–Kier alpha value is -3.16. The summed E-state index contributed by atoms with van der Waals surface area (Å²) < 4.78 is 11.2. The molecule has 26 heavy (non-hydrogen) atoms. The SMILES string of the molecule is CCOc1cc(Oc2ncc(N3C(=O)N[C@H](CC)C3=O)cn2)ccc1C. The van der Waals surface area contributed by atoms with E-state index in [0.717, 1.165) is 16.2 Å². The van der Waals surface area contributed by atoms with Crippen molar-refractivity contribution in [2.75, 3.05) is 11.5 Å². The molecule has 0 spiro atoms. The van der Waals surface area contributed by atoms with Crippen LogP contribution in [0, 0.1) is 6.92 Å². The Morgan fingerprint density at radius 1 is 1.19 bits per heavy atom. The van der Waals surface area contributed by atoms with Crippen LogP contribution in [0.3, 0.4) is 0 Å². The maximum absolute atomic E-state index is 12.2. The van der Waals surface area contributed by atoms with Gasteiger partial charge in [0.15, 0.2) is 0 Å². The molecule has 1 saturated heterocycles. The van der Waals surface area contributed by atoms with Gasteiger partial charge >= 0.3 is 12.0 Å². The number of ether oxygens (including phenoxy) is 2. The van der Waals surface area contributed by atoms with E-state index in [1.54, 1.807) is 12.1 Å². The monoisotopic (exact) mass is 356 g/mol. The van der Waals surface area contributed by atoms with Gasteiger partial charge in [0.25, 0.3) is 5.91 Å². The normalized spacial score (nSPS) is 16.6. The number of nitrogens with zero attached hydrogens (tertiary/aromatic N) is 3. The van der Waals surface area contributed by atoms with Crippen LogP contribution in [0.5, 0.6) is 17.5 Å². The fourth-order valence-electron chi connectivity index (χ4n) is 2.59. The molecule has 3 amide bonds. The van der Waals surface area contributed by atoms with Crippen LogP contribution in [0.4, 0.5) is 10.5 Å². The first-order valence-corrected chi connectivity index (χ1v) is 8.41. The van der Waals surface area contributed by atoms with E-state index in [2.05, 4.69) is 15.3 Å². The highest BCUT2D eigenvalue weighted by atomic mass is 16.5. The molecule has 0 unspecified atom stereocenters. The Morgan fingerprint density at radius 2 is 1.92 bits per heavy atom. The van der Waals surface area contributed by atoms with Gasteiger partial charge in [-0.2, -0.15) is 0 Å². The second kappa shape index (κ2) is 7.38. The van der Waals surface area contributed by atoms with E-state index < -0.39 is 12.1 Å². The van der Waals surface area contributed by atoms with Crippen LogP contribution in [-0.4, -0.2) is 34.6 Å². The number of aromatic nitrogens is 2. The second-order valence-corrected chi connectivity index (χ2v) is 5.77. The molecular formula is C18H20N4O4. The van der Waals surface area contributed by atoms with Gasteiger partial charge in [0.05, 0.1) is 24.7 Å². The number of carbonyl (C=O) groups is 2. The molecule has 1 aromatic carbocycles. The Balaban J connectivity index is 1.75. The largest absolute Gasteiger partial charge is 0.493 e. The zero-order chi connectivity index (χ0) is 18.7.